The average Bonchev–Trinajstić information content (AvgIpc) is 2.80. The van der Waals surface area contributed by atoms with Crippen molar-refractivity contribution in [3.63, 3.8) is 0 Å². The van der Waals surface area contributed by atoms with Crippen molar-refractivity contribution in [2.24, 2.45) is 0 Å². The highest BCUT2D eigenvalue weighted by Crippen LogP contribution is 2.29. The molecule has 0 atom stereocenters. The first-order chi connectivity index (χ1) is 10.2. The Kier molecular flexibility index (Phi) is 3.29. The van der Waals surface area contributed by atoms with Gasteiger partial charge < -0.3 is 0 Å². The number of rotatable bonds is 1. The first-order valence-corrected chi connectivity index (χ1v) is 8.43. The van der Waals surface area contributed by atoms with Crippen molar-refractivity contribution in [2.75, 3.05) is 0 Å². The fourth-order valence-corrected chi connectivity index (χ4v) is 3.27. The molecule has 6 heteroatoms. The van der Waals surface area contributed by atoms with Crippen molar-refractivity contribution in [3.05, 3.63) is 56.1 Å². The highest BCUT2D eigenvalue weighted by Gasteiger charge is 2.15. The standard InChI is InChI=1S/C15H8I2N4/c16-9-5-7-18-13(8-9)21-14-10(2-1-6-19-14)11-3-4-12(17)20-15(11)21/h1-8H. The Balaban J connectivity index is 2.21. The van der Waals surface area contributed by atoms with E-state index in [1.165, 1.54) is 0 Å². The molecular weight excluding hydrogens is 490 g/mol. The molecule has 4 rings (SSSR count). The van der Waals surface area contributed by atoms with Crippen molar-refractivity contribution in [1.82, 2.24) is 19.5 Å². The maximum atomic E-state index is 4.69. The van der Waals surface area contributed by atoms with Gasteiger partial charge in [-0.05, 0) is 81.6 Å². The summed E-state index contributed by atoms with van der Waals surface area (Å²) in [5, 5.41) is 2.19. The van der Waals surface area contributed by atoms with Gasteiger partial charge >= 0.3 is 0 Å². The van der Waals surface area contributed by atoms with E-state index in [2.05, 4.69) is 72.3 Å². The first-order valence-electron chi connectivity index (χ1n) is 6.27. The normalized spacial score (nSPS) is 11.3. The van der Waals surface area contributed by atoms with Crippen LogP contribution in [0.2, 0.25) is 0 Å². The topological polar surface area (TPSA) is 43.6 Å². The van der Waals surface area contributed by atoms with Crippen LogP contribution in [0.1, 0.15) is 0 Å². The predicted molar refractivity (Wildman–Crippen MR) is 99.6 cm³/mol. The minimum absolute atomic E-state index is 0.843. The lowest BCUT2D eigenvalue weighted by Gasteiger charge is -2.05. The van der Waals surface area contributed by atoms with Gasteiger partial charge in [-0.3, -0.25) is 4.57 Å². The van der Waals surface area contributed by atoms with Gasteiger partial charge in [0, 0.05) is 26.7 Å². The molecule has 102 valence electrons. The molecule has 0 saturated heterocycles. The Bertz CT molecular complexity index is 978. The maximum absolute atomic E-state index is 4.69. The van der Waals surface area contributed by atoms with Crippen molar-refractivity contribution in [3.8, 4) is 5.82 Å². The van der Waals surface area contributed by atoms with Crippen LogP contribution in [-0.4, -0.2) is 19.5 Å². The van der Waals surface area contributed by atoms with Gasteiger partial charge in [0.15, 0.2) is 0 Å². The molecule has 21 heavy (non-hydrogen) atoms. The number of hydrogen-bond donors (Lipinski definition) is 0. The van der Waals surface area contributed by atoms with Crippen LogP contribution >= 0.6 is 45.2 Å². The Morgan fingerprint density at radius 2 is 1.71 bits per heavy atom. The summed E-state index contributed by atoms with van der Waals surface area (Å²) in [6.45, 7) is 0. The molecule has 0 aliphatic carbocycles. The summed E-state index contributed by atoms with van der Waals surface area (Å²) in [6, 6.07) is 12.1. The fourth-order valence-electron chi connectivity index (χ4n) is 2.42. The van der Waals surface area contributed by atoms with Crippen LogP contribution in [0.5, 0.6) is 0 Å². The van der Waals surface area contributed by atoms with Crippen molar-refractivity contribution in [1.29, 1.82) is 0 Å². The number of aromatic nitrogens is 4. The lowest BCUT2D eigenvalue weighted by Crippen LogP contribution is -2.00. The monoisotopic (exact) mass is 498 g/mol. The van der Waals surface area contributed by atoms with Crippen molar-refractivity contribution in [2.45, 2.75) is 0 Å². The van der Waals surface area contributed by atoms with Crippen LogP contribution in [0.3, 0.4) is 0 Å². The summed E-state index contributed by atoms with van der Waals surface area (Å²) in [6.07, 6.45) is 3.61. The zero-order chi connectivity index (χ0) is 14.4. The predicted octanol–water partition coefficient (Wildman–Crippen LogP) is 4.18. The number of fused-ring (bicyclic) bond motifs is 3. The molecule has 0 N–H and O–H groups in total. The minimum atomic E-state index is 0.843. The molecule has 0 aromatic carbocycles. The van der Waals surface area contributed by atoms with E-state index < -0.39 is 0 Å². The maximum Gasteiger partial charge on any atom is 0.149 e. The average molecular weight is 498 g/mol. The van der Waals surface area contributed by atoms with Gasteiger partial charge in [-0.25, -0.2) is 15.0 Å². The molecule has 4 heterocycles. The van der Waals surface area contributed by atoms with Gasteiger partial charge in [0.05, 0.1) is 0 Å². The Morgan fingerprint density at radius 1 is 0.857 bits per heavy atom. The minimum Gasteiger partial charge on any atom is -0.261 e. The first kappa shape index (κ1) is 13.4. The third-order valence-electron chi connectivity index (χ3n) is 3.28. The number of hydrogen-bond acceptors (Lipinski definition) is 3. The van der Waals surface area contributed by atoms with Crippen LogP contribution in [-0.2, 0) is 0 Å². The Labute approximate surface area is 147 Å². The SMILES string of the molecule is Ic1ccnc(-n2c3ncccc3c3ccc(I)nc32)c1. The zero-order valence-corrected chi connectivity index (χ0v) is 15.0. The number of halogens is 2. The molecule has 4 aromatic heterocycles. The summed E-state index contributed by atoms with van der Waals surface area (Å²) in [5.74, 6) is 0.843. The van der Waals surface area contributed by atoms with E-state index in [4.69, 9.17) is 0 Å². The second kappa shape index (κ2) is 5.16. The number of pyridine rings is 3. The van der Waals surface area contributed by atoms with Crippen molar-refractivity contribution >= 4 is 67.2 Å². The van der Waals surface area contributed by atoms with Gasteiger partial charge in [-0.2, -0.15) is 0 Å². The summed E-state index contributed by atoms with van der Waals surface area (Å²) < 4.78 is 4.11. The van der Waals surface area contributed by atoms with Gasteiger partial charge in [0.1, 0.15) is 20.8 Å². The van der Waals surface area contributed by atoms with E-state index in [1.54, 1.807) is 6.20 Å². The van der Waals surface area contributed by atoms with Crippen LogP contribution in [0.15, 0.2) is 48.8 Å². The van der Waals surface area contributed by atoms with Gasteiger partial charge in [0.25, 0.3) is 0 Å². The molecule has 0 saturated carbocycles. The lowest BCUT2D eigenvalue weighted by atomic mass is 10.2. The second-order valence-corrected chi connectivity index (χ2v) is 6.90. The van der Waals surface area contributed by atoms with Crippen LogP contribution < -0.4 is 0 Å². The number of nitrogens with zero attached hydrogens (tertiary/aromatic N) is 4. The summed E-state index contributed by atoms with van der Waals surface area (Å²) in [7, 11) is 0. The summed E-state index contributed by atoms with van der Waals surface area (Å²) >= 11 is 4.52. The van der Waals surface area contributed by atoms with Gasteiger partial charge in [0.2, 0.25) is 0 Å². The largest absolute Gasteiger partial charge is 0.261 e. The van der Waals surface area contributed by atoms with Crippen LogP contribution in [0.25, 0.3) is 27.9 Å². The highest BCUT2D eigenvalue weighted by atomic mass is 127. The molecule has 0 unspecified atom stereocenters. The molecule has 0 radical (unpaired) electrons. The van der Waals surface area contributed by atoms with E-state index in [9.17, 15) is 0 Å². The molecule has 0 fully saturated rings. The van der Waals surface area contributed by atoms with E-state index in [1.807, 2.05) is 35.0 Å². The van der Waals surface area contributed by atoms with Gasteiger partial charge in [-0.15, -0.1) is 0 Å². The third kappa shape index (κ3) is 2.20. The molecule has 4 aromatic rings. The third-order valence-corrected chi connectivity index (χ3v) is 4.55. The fraction of sp³-hybridized carbons (Fsp3) is 0. The second-order valence-electron chi connectivity index (χ2n) is 4.55. The molecule has 0 spiro atoms. The Morgan fingerprint density at radius 3 is 2.57 bits per heavy atom. The van der Waals surface area contributed by atoms with Gasteiger partial charge in [-0.1, -0.05) is 0 Å². The summed E-state index contributed by atoms with van der Waals surface area (Å²) in [4.78, 5) is 13.7. The van der Waals surface area contributed by atoms with E-state index in [0.29, 0.717) is 0 Å². The Hall–Kier alpha value is -1.29. The van der Waals surface area contributed by atoms with E-state index >= 15 is 0 Å². The molecule has 0 aliphatic rings. The summed E-state index contributed by atoms with van der Waals surface area (Å²) in [5.41, 5.74) is 1.78. The zero-order valence-electron chi connectivity index (χ0n) is 10.7. The highest BCUT2D eigenvalue weighted by molar-refractivity contribution is 14.1. The molecule has 0 bridgehead atoms. The smallest absolute Gasteiger partial charge is 0.149 e. The molecule has 0 aliphatic heterocycles. The molecular formula is C15H8I2N4. The lowest BCUT2D eigenvalue weighted by molar-refractivity contribution is 1.03. The van der Waals surface area contributed by atoms with E-state index in [-0.39, 0.29) is 0 Å². The van der Waals surface area contributed by atoms with Crippen LogP contribution in [0.4, 0.5) is 0 Å². The molecule has 4 nitrogen and oxygen atoms in total. The van der Waals surface area contributed by atoms with E-state index in [0.717, 1.165) is 35.2 Å². The van der Waals surface area contributed by atoms with Crippen LogP contribution in [0, 0.1) is 7.27 Å². The van der Waals surface area contributed by atoms with Crippen molar-refractivity contribution < 1.29 is 0 Å². The molecule has 0 amide bonds. The quantitative estimate of drug-likeness (QED) is 0.293.